The van der Waals surface area contributed by atoms with E-state index in [0.717, 1.165) is 52.1 Å². The fourth-order valence-electron chi connectivity index (χ4n) is 8.60. The van der Waals surface area contributed by atoms with Gasteiger partial charge in [0.2, 0.25) is 0 Å². The van der Waals surface area contributed by atoms with E-state index in [2.05, 4.69) is 19.6 Å². The lowest BCUT2D eigenvalue weighted by Crippen LogP contribution is -2.57. The molecular formula is C25H36O5. The standard InChI is InChI=1S/C25H36O5/c1-3-26-15-23-10-11-25(28-12-13-29-25)14-18(23)4-5-19-20-7-9-24(16-27-17-30-24)22(20,2)8-6-21(19)23/h3-4,19-21H,1,5-17H2,2H3. The van der Waals surface area contributed by atoms with Crippen LogP contribution in [0.3, 0.4) is 0 Å². The smallest absolute Gasteiger partial charge is 0.172 e. The molecule has 2 spiro atoms. The van der Waals surface area contributed by atoms with E-state index in [4.69, 9.17) is 23.7 Å². The Bertz CT molecular complexity index is 734. The third-order valence-corrected chi connectivity index (χ3v) is 10.2. The number of hydrogen-bond donors (Lipinski definition) is 0. The third-order valence-electron chi connectivity index (χ3n) is 10.2. The first kappa shape index (κ1) is 19.8. The van der Waals surface area contributed by atoms with Crippen LogP contribution in [-0.4, -0.2) is 44.6 Å². The minimum Gasteiger partial charge on any atom is -0.501 e. The Morgan fingerprint density at radius 2 is 1.93 bits per heavy atom. The highest BCUT2D eigenvalue weighted by molar-refractivity contribution is 5.29. The summed E-state index contributed by atoms with van der Waals surface area (Å²) in [4.78, 5) is 0. The number of rotatable bonds is 3. The molecule has 166 valence electrons. The predicted molar refractivity (Wildman–Crippen MR) is 111 cm³/mol. The van der Waals surface area contributed by atoms with Crippen LogP contribution in [0.5, 0.6) is 0 Å². The van der Waals surface area contributed by atoms with Gasteiger partial charge in [-0.2, -0.15) is 0 Å². The van der Waals surface area contributed by atoms with E-state index in [-0.39, 0.29) is 22.2 Å². The molecule has 0 aromatic heterocycles. The van der Waals surface area contributed by atoms with E-state index in [1.807, 2.05) is 0 Å². The molecule has 0 bridgehead atoms. The van der Waals surface area contributed by atoms with Crippen LogP contribution < -0.4 is 0 Å². The highest BCUT2D eigenvalue weighted by atomic mass is 16.7. The summed E-state index contributed by atoms with van der Waals surface area (Å²) in [5, 5.41) is 0. The van der Waals surface area contributed by atoms with Crippen LogP contribution in [0, 0.1) is 28.6 Å². The van der Waals surface area contributed by atoms with Gasteiger partial charge in [0, 0.05) is 23.7 Å². The quantitative estimate of drug-likeness (QED) is 0.498. The molecule has 5 fully saturated rings. The van der Waals surface area contributed by atoms with Gasteiger partial charge in [0.1, 0.15) is 12.4 Å². The first-order chi connectivity index (χ1) is 14.6. The molecule has 2 saturated heterocycles. The van der Waals surface area contributed by atoms with Gasteiger partial charge >= 0.3 is 0 Å². The van der Waals surface area contributed by atoms with E-state index in [1.54, 1.807) is 6.26 Å². The lowest BCUT2D eigenvalue weighted by molar-refractivity contribution is -0.193. The Hall–Kier alpha value is -0.880. The number of ether oxygens (including phenoxy) is 5. The van der Waals surface area contributed by atoms with Crippen molar-refractivity contribution in [2.45, 2.75) is 69.7 Å². The fourth-order valence-corrected chi connectivity index (χ4v) is 8.60. The average molecular weight is 417 g/mol. The molecule has 0 aromatic carbocycles. The first-order valence-corrected chi connectivity index (χ1v) is 12.0. The highest BCUT2D eigenvalue weighted by Gasteiger charge is 2.67. The normalized spacial score (nSPS) is 48.8. The Balaban J connectivity index is 1.34. The van der Waals surface area contributed by atoms with Crippen LogP contribution in [0.15, 0.2) is 24.5 Å². The van der Waals surface area contributed by atoms with Crippen molar-refractivity contribution in [2.24, 2.45) is 28.6 Å². The molecule has 30 heavy (non-hydrogen) atoms. The van der Waals surface area contributed by atoms with Crippen LogP contribution in [0.4, 0.5) is 0 Å². The molecule has 2 aliphatic heterocycles. The van der Waals surface area contributed by atoms with Crippen LogP contribution in [0.25, 0.3) is 0 Å². The van der Waals surface area contributed by atoms with Crippen molar-refractivity contribution in [1.29, 1.82) is 0 Å². The van der Waals surface area contributed by atoms with Gasteiger partial charge in [0.25, 0.3) is 0 Å². The van der Waals surface area contributed by atoms with Gasteiger partial charge in [-0.25, -0.2) is 0 Å². The number of allylic oxidation sites excluding steroid dienone is 1. The Labute approximate surface area is 180 Å². The number of hydrogen-bond acceptors (Lipinski definition) is 5. The highest BCUT2D eigenvalue weighted by Crippen LogP contribution is 2.69. The maximum absolute atomic E-state index is 6.30. The lowest BCUT2D eigenvalue weighted by Gasteiger charge is -2.60. The molecule has 6 atom stereocenters. The minimum atomic E-state index is -0.383. The molecule has 3 saturated carbocycles. The van der Waals surface area contributed by atoms with Gasteiger partial charge < -0.3 is 23.7 Å². The molecule has 5 heteroatoms. The zero-order valence-corrected chi connectivity index (χ0v) is 18.3. The lowest BCUT2D eigenvalue weighted by atomic mass is 9.46. The first-order valence-electron chi connectivity index (χ1n) is 12.0. The molecule has 4 aliphatic carbocycles. The van der Waals surface area contributed by atoms with Gasteiger partial charge in [0.15, 0.2) is 5.79 Å². The monoisotopic (exact) mass is 416 g/mol. The minimum absolute atomic E-state index is 0.0560. The van der Waals surface area contributed by atoms with Crippen molar-refractivity contribution < 1.29 is 23.7 Å². The van der Waals surface area contributed by atoms with E-state index in [9.17, 15) is 0 Å². The fraction of sp³-hybridized carbons (Fsp3) is 0.840. The second kappa shape index (κ2) is 6.81. The third kappa shape index (κ3) is 2.49. The Morgan fingerprint density at radius 1 is 1.10 bits per heavy atom. The summed E-state index contributed by atoms with van der Waals surface area (Å²) in [5.41, 5.74) is 1.79. The molecule has 0 amide bonds. The van der Waals surface area contributed by atoms with Crippen molar-refractivity contribution >= 4 is 0 Å². The molecular weight excluding hydrogens is 380 g/mol. The van der Waals surface area contributed by atoms with Crippen molar-refractivity contribution in [3.63, 3.8) is 0 Å². The van der Waals surface area contributed by atoms with Gasteiger partial charge in [-0.3, -0.25) is 0 Å². The van der Waals surface area contributed by atoms with Crippen LogP contribution in [0.2, 0.25) is 0 Å². The molecule has 0 N–H and O–H groups in total. The van der Waals surface area contributed by atoms with E-state index in [1.165, 1.54) is 31.3 Å². The van der Waals surface area contributed by atoms with Crippen LogP contribution in [-0.2, 0) is 23.7 Å². The summed E-state index contributed by atoms with van der Waals surface area (Å²) in [6.07, 6.45) is 13.2. The molecule has 2 heterocycles. The van der Waals surface area contributed by atoms with Crippen molar-refractivity contribution in [1.82, 2.24) is 0 Å². The molecule has 0 radical (unpaired) electrons. The summed E-state index contributed by atoms with van der Waals surface area (Å²) in [7, 11) is 0. The maximum atomic E-state index is 6.30. The maximum Gasteiger partial charge on any atom is 0.172 e. The molecule has 6 unspecified atom stereocenters. The summed E-state index contributed by atoms with van der Waals surface area (Å²) < 4.78 is 30.2. The van der Waals surface area contributed by atoms with Crippen LogP contribution >= 0.6 is 0 Å². The average Bonchev–Trinajstić information content (AvgIpc) is 3.48. The molecule has 6 aliphatic rings. The second-order valence-corrected chi connectivity index (χ2v) is 10.9. The van der Waals surface area contributed by atoms with Gasteiger partial charge in [0.05, 0.1) is 32.7 Å². The zero-order valence-electron chi connectivity index (χ0n) is 18.3. The van der Waals surface area contributed by atoms with E-state index >= 15 is 0 Å². The Morgan fingerprint density at radius 3 is 2.70 bits per heavy atom. The summed E-state index contributed by atoms with van der Waals surface area (Å²) >= 11 is 0. The largest absolute Gasteiger partial charge is 0.501 e. The van der Waals surface area contributed by atoms with E-state index < -0.39 is 0 Å². The van der Waals surface area contributed by atoms with Gasteiger partial charge in [-0.05, 0) is 56.3 Å². The topological polar surface area (TPSA) is 46.2 Å². The SMILES string of the molecule is C=COCC12CCC3(CC1=CCC1C2CCC2(C)C1CCC21COCO1)OCCO3. The van der Waals surface area contributed by atoms with Crippen molar-refractivity contribution in [3.8, 4) is 0 Å². The molecule has 0 aromatic rings. The summed E-state index contributed by atoms with van der Waals surface area (Å²) in [6.45, 7) is 9.78. The predicted octanol–water partition coefficient (Wildman–Crippen LogP) is 4.58. The van der Waals surface area contributed by atoms with Gasteiger partial charge in [-0.1, -0.05) is 25.2 Å². The molecule has 5 nitrogen and oxygen atoms in total. The van der Waals surface area contributed by atoms with Gasteiger partial charge in [-0.15, -0.1) is 0 Å². The molecule has 6 rings (SSSR count). The summed E-state index contributed by atoms with van der Waals surface area (Å²) in [5.74, 6) is 1.67. The summed E-state index contributed by atoms with van der Waals surface area (Å²) in [6, 6.07) is 0. The zero-order chi connectivity index (χ0) is 20.5. The Kier molecular flexibility index (Phi) is 4.49. The number of fused-ring (bicyclic) bond motifs is 6. The van der Waals surface area contributed by atoms with Crippen molar-refractivity contribution in [3.05, 3.63) is 24.5 Å². The second-order valence-electron chi connectivity index (χ2n) is 10.9. The van der Waals surface area contributed by atoms with Crippen LogP contribution in [0.1, 0.15) is 58.3 Å². The van der Waals surface area contributed by atoms with E-state index in [0.29, 0.717) is 24.5 Å². The van der Waals surface area contributed by atoms with Crippen molar-refractivity contribution in [2.75, 3.05) is 33.2 Å².